The molecule has 1 saturated heterocycles. The van der Waals surface area contributed by atoms with Crippen LogP contribution in [0.1, 0.15) is 24.0 Å². The molecule has 1 fully saturated rings. The minimum atomic E-state index is -4.00. The lowest BCUT2D eigenvalue weighted by molar-refractivity contribution is -0.928. The summed E-state index contributed by atoms with van der Waals surface area (Å²) in [4.78, 5) is 29.3. The van der Waals surface area contributed by atoms with E-state index in [4.69, 9.17) is 19.4 Å². The third-order valence-corrected chi connectivity index (χ3v) is 10.6. The van der Waals surface area contributed by atoms with Gasteiger partial charge < -0.3 is 34.3 Å². The molecule has 12 nitrogen and oxygen atoms in total. The van der Waals surface area contributed by atoms with Gasteiger partial charge in [-0.3, -0.25) is 9.69 Å². The van der Waals surface area contributed by atoms with Gasteiger partial charge in [0, 0.05) is 16.6 Å². The molecule has 0 spiro atoms. The van der Waals surface area contributed by atoms with Crippen LogP contribution in [0.3, 0.4) is 0 Å². The van der Waals surface area contributed by atoms with Gasteiger partial charge in [-0.25, -0.2) is 4.79 Å². The van der Waals surface area contributed by atoms with Gasteiger partial charge in [0.2, 0.25) is 5.91 Å². The number of rotatable bonds is 12. The van der Waals surface area contributed by atoms with Crippen LogP contribution in [0.15, 0.2) is 88.5 Å². The van der Waals surface area contributed by atoms with Gasteiger partial charge in [-0.2, -0.15) is 19.8 Å². The number of amides is 3. The van der Waals surface area contributed by atoms with Gasteiger partial charge in [-0.1, -0.05) is 12.1 Å². The van der Waals surface area contributed by atoms with Gasteiger partial charge in [-0.15, -0.1) is 0 Å². The summed E-state index contributed by atoms with van der Waals surface area (Å²) in [6.45, 7) is 1.96. The van der Waals surface area contributed by atoms with Crippen molar-refractivity contribution in [2.75, 3.05) is 39.7 Å². The van der Waals surface area contributed by atoms with Crippen LogP contribution in [0, 0.1) is 0 Å². The van der Waals surface area contributed by atoms with Gasteiger partial charge in [-0.05, 0) is 90.9 Å². The molecular weight excluding hydrogens is 669 g/mol. The van der Waals surface area contributed by atoms with E-state index in [0.29, 0.717) is 41.2 Å². The third kappa shape index (κ3) is 8.89. The number of likely N-dealkylation sites (tertiary alicyclic amines) is 1. The number of ether oxygens (including phenoxy) is 2. The molecule has 1 unspecified atom stereocenters. The first kappa shape index (κ1) is 35.7. The maximum absolute atomic E-state index is 14.1. The number of hydrogen-bond acceptors (Lipinski definition) is 10. The molecule has 1 aromatic heterocycles. The molecule has 0 aliphatic carbocycles. The van der Waals surface area contributed by atoms with E-state index in [-0.39, 0.29) is 22.8 Å². The molecule has 2 heterocycles. The highest BCUT2D eigenvalue weighted by Crippen LogP contribution is 2.31. The number of benzene rings is 3. The monoisotopic (exact) mass is 709 g/mol. The van der Waals surface area contributed by atoms with Crippen molar-refractivity contribution in [2.45, 2.75) is 42.8 Å². The zero-order valence-electron chi connectivity index (χ0n) is 27.6. The Labute approximate surface area is 290 Å². The third-order valence-electron chi connectivity index (χ3n) is 8.52. The predicted molar refractivity (Wildman–Crippen MR) is 186 cm³/mol. The highest BCUT2D eigenvalue weighted by molar-refractivity contribution is 7.87. The second kappa shape index (κ2) is 15.3. The fraction of sp³-hybridized carbons (Fsp3) is 0.314. The van der Waals surface area contributed by atoms with Crippen molar-refractivity contribution in [3.63, 3.8) is 0 Å². The number of quaternary nitrogens is 1. The number of piperidine rings is 1. The molecule has 1 aliphatic heterocycles. The molecule has 3 aromatic carbocycles. The summed E-state index contributed by atoms with van der Waals surface area (Å²) >= 11 is 1.24. The van der Waals surface area contributed by atoms with Gasteiger partial charge in [0.1, 0.15) is 29.5 Å². The molecule has 0 bridgehead atoms. The van der Waals surface area contributed by atoms with E-state index in [0.717, 1.165) is 24.1 Å². The summed E-state index contributed by atoms with van der Waals surface area (Å²) in [6.07, 6.45) is 1.53. The first-order valence-corrected chi connectivity index (χ1v) is 18.0. The largest absolute Gasteiger partial charge is 0.508 e. The summed E-state index contributed by atoms with van der Waals surface area (Å²) < 4.78 is 41.8. The average Bonchev–Trinajstić information content (AvgIpc) is 3.63. The minimum absolute atomic E-state index is 0.0525. The van der Waals surface area contributed by atoms with E-state index in [1.807, 2.05) is 18.2 Å². The smallest absolute Gasteiger partial charge is 0.340 e. The highest BCUT2D eigenvalue weighted by Gasteiger charge is 2.41. The number of carbonyl (C=O) groups excluding carboxylic acids is 2. The maximum Gasteiger partial charge on any atom is 0.340 e. The van der Waals surface area contributed by atoms with E-state index >= 15 is 0 Å². The Bertz CT molecular complexity index is 1850. The molecule has 1 aliphatic rings. The Morgan fingerprint density at radius 1 is 1.02 bits per heavy atom. The topological polar surface area (TPSA) is 157 Å². The Hall–Kier alpha value is -4.63. The average molecular weight is 710 g/mol. The number of imide groups is 1. The minimum Gasteiger partial charge on any atom is -0.508 e. The Morgan fingerprint density at radius 2 is 1.71 bits per heavy atom. The number of anilines is 1. The number of methoxy groups -OCH3 is 2. The molecule has 14 heteroatoms. The molecule has 5 rings (SSSR count). The second-order valence-electron chi connectivity index (χ2n) is 12.3. The van der Waals surface area contributed by atoms with Gasteiger partial charge in [0.05, 0.1) is 39.9 Å². The van der Waals surface area contributed by atoms with Crippen molar-refractivity contribution in [1.29, 1.82) is 0 Å². The molecule has 4 N–H and O–H groups in total. The van der Waals surface area contributed by atoms with Crippen LogP contribution >= 0.6 is 11.3 Å². The Kier molecular flexibility index (Phi) is 11.1. The molecule has 49 heavy (non-hydrogen) atoms. The van der Waals surface area contributed by atoms with Crippen LogP contribution in [0.25, 0.3) is 0 Å². The van der Waals surface area contributed by atoms with E-state index in [1.165, 1.54) is 64.1 Å². The van der Waals surface area contributed by atoms with Gasteiger partial charge in [0.15, 0.2) is 11.5 Å². The van der Waals surface area contributed by atoms with Crippen molar-refractivity contribution in [3.8, 4) is 23.0 Å². The first-order chi connectivity index (χ1) is 23.4. The zero-order valence-corrected chi connectivity index (χ0v) is 29.2. The number of carbonyl (C=O) groups is 2. The highest BCUT2D eigenvalue weighted by atomic mass is 32.2. The van der Waals surface area contributed by atoms with Crippen molar-refractivity contribution >= 4 is 39.1 Å². The number of hydrogen-bond donors (Lipinski definition) is 3. The van der Waals surface area contributed by atoms with Crippen LogP contribution in [0.5, 0.6) is 23.0 Å². The zero-order chi connectivity index (χ0) is 35.2. The van der Waals surface area contributed by atoms with Gasteiger partial charge in [0.25, 0.3) is 0 Å². The van der Waals surface area contributed by atoms with E-state index in [2.05, 4.69) is 12.4 Å². The number of likely N-dealkylation sites (N-methyl/N-ethyl adjacent to an activating group) is 1. The number of nitrogens with zero attached hydrogens (tertiary/aromatic N) is 2. The fourth-order valence-electron chi connectivity index (χ4n) is 6.12. The van der Waals surface area contributed by atoms with Crippen LogP contribution < -0.4 is 24.7 Å². The summed E-state index contributed by atoms with van der Waals surface area (Å²) in [6, 6.07) is 17.4. The maximum atomic E-state index is 14.1. The number of urea groups is 1. The van der Waals surface area contributed by atoms with Crippen molar-refractivity contribution < 1.29 is 41.3 Å². The van der Waals surface area contributed by atoms with Crippen LogP contribution in [-0.2, 0) is 27.9 Å². The van der Waals surface area contributed by atoms with Crippen molar-refractivity contribution in [2.24, 2.45) is 5.73 Å². The van der Waals surface area contributed by atoms with Crippen LogP contribution in [-0.4, -0.2) is 81.3 Å². The Morgan fingerprint density at radius 3 is 2.37 bits per heavy atom. The molecule has 4 aromatic rings. The van der Waals surface area contributed by atoms with Crippen LogP contribution in [0.4, 0.5) is 10.5 Å². The van der Waals surface area contributed by atoms with E-state index in [1.54, 1.807) is 31.7 Å². The molecular formula is C35H41N4O8S2+. The number of thiophene rings is 1. The predicted octanol–water partition coefficient (Wildman–Crippen LogP) is 4.98. The number of nitrogens with two attached hydrogens (primary N) is 1. The normalized spacial score (nSPS) is 18.2. The molecule has 0 radical (unpaired) electrons. The lowest BCUT2D eigenvalue weighted by Gasteiger charge is -2.44. The number of nitrogens with one attached hydrogen (secondary N) is 1. The van der Waals surface area contributed by atoms with Gasteiger partial charge >= 0.3 is 16.1 Å². The molecule has 260 valence electrons. The van der Waals surface area contributed by atoms with E-state index < -0.39 is 34.1 Å². The Balaban J connectivity index is 1.36. The van der Waals surface area contributed by atoms with Crippen molar-refractivity contribution in [3.05, 3.63) is 94.7 Å². The second-order valence-corrected chi connectivity index (χ2v) is 14.6. The lowest BCUT2D eigenvalue weighted by atomic mass is 9.98. The molecule has 0 saturated carbocycles. The number of phenols is 1. The quantitative estimate of drug-likeness (QED) is 0.136. The standard InChI is InChI=1S/C35H40N4O8S2/c1-39(21-25-8-15-32(45-2)33(20-25)46-3)17-4-5-27(22-39)38(34(41)31(36)19-24-6-11-28(40)12-7-24)35(42)37-26-9-13-29(14-10-26)47-49(43,44)30-16-18-48-23-30/h6-16,18,20,23,27,31H,4-5,17,19,21-22,36H2,1-3H3,(H-,37,40,42)/p+1/t27-,31-,39?/m0/s1. The van der Waals surface area contributed by atoms with Crippen LogP contribution in [0.2, 0.25) is 0 Å². The molecule has 3 atom stereocenters. The summed E-state index contributed by atoms with van der Waals surface area (Å²) in [5.41, 5.74) is 8.56. The summed E-state index contributed by atoms with van der Waals surface area (Å²) in [7, 11) is 1.28. The van der Waals surface area contributed by atoms with E-state index in [9.17, 15) is 23.1 Å². The number of aromatic hydroxyl groups is 1. The summed E-state index contributed by atoms with van der Waals surface area (Å²) in [5, 5.41) is 15.6. The fourth-order valence-corrected chi connectivity index (χ4v) is 8.05. The summed E-state index contributed by atoms with van der Waals surface area (Å²) in [5.74, 6) is 0.890. The lowest BCUT2D eigenvalue weighted by Crippen LogP contribution is -2.62. The van der Waals surface area contributed by atoms with Crippen molar-refractivity contribution in [1.82, 2.24) is 4.90 Å². The SMILES string of the molecule is COc1ccc(C[N+]2(C)CCC[C@H](N(C(=O)Nc3ccc(OS(=O)(=O)c4ccsc4)cc3)C(=O)[C@@H](N)Cc3ccc(O)cc3)C2)cc1OC. The molecule has 3 amide bonds. The first-order valence-electron chi connectivity index (χ1n) is 15.7. The number of phenolic OH excluding ortho intramolecular Hbond substituents is 1.